The van der Waals surface area contributed by atoms with E-state index in [9.17, 15) is 9.59 Å². The second kappa shape index (κ2) is 7.54. The molecule has 0 unspecified atom stereocenters. The molecule has 0 spiro atoms. The summed E-state index contributed by atoms with van der Waals surface area (Å²) in [5.74, 6) is 1.09. The van der Waals surface area contributed by atoms with Crippen LogP contribution in [0.15, 0.2) is 33.9 Å². The minimum atomic E-state index is -0.288. The summed E-state index contributed by atoms with van der Waals surface area (Å²) in [5, 5.41) is 0. The summed E-state index contributed by atoms with van der Waals surface area (Å²) >= 11 is 0. The SMILES string of the molecule is CCCCCn1c(=O)c2c(nc3n2C[C@H](C)CN3c2cccc(C)c2)n(C)c1=O. The topological polar surface area (TPSA) is 65.1 Å². The largest absolute Gasteiger partial charge is 0.332 e. The van der Waals surface area contributed by atoms with E-state index in [0.29, 0.717) is 23.6 Å². The summed E-state index contributed by atoms with van der Waals surface area (Å²) in [7, 11) is 1.71. The summed E-state index contributed by atoms with van der Waals surface area (Å²) in [6.07, 6.45) is 2.86. The summed E-state index contributed by atoms with van der Waals surface area (Å²) < 4.78 is 4.90. The molecular weight excluding hydrogens is 366 g/mol. The molecule has 3 aromatic rings. The Morgan fingerprint density at radius 2 is 1.97 bits per heavy atom. The maximum Gasteiger partial charge on any atom is 0.332 e. The van der Waals surface area contributed by atoms with Gasteiger partial charge in [0.25, 0.3) is 5.56 Å². The molecule has 1 aromatic carbocycles. The van der Waals surface area contributed by atoms with Crippen molar-refractivity contribution in [1.29, 1.82) is 0 Å². The molecule has 1 aliphatic rings. The van der Waals surface area contributed by atoms with Gasteiger partial charge in [0.15, 0.2) is 11.2 Å². The predicted molar refractivity (Wildman–Crippen MR) is 116 cm³/mol. The average molecular weight is 396 g/mol. The van der Waals surface area contributed by atoms with Crippen LogP contribution in [-0.4, -0.2) is 25.2 Å². The number of aryl methyl sites for hydroxylation is 2. The highest BCUT2D eigenvalue weighted by Gasteiger charge is 2.29. The number of imidazole rings is 1. The first kappa shape index (κ1) is 19.5. The third kappa shape index (κ3) is 3.28. The number of aromatic nitrogens is 4. The lowest BCUT2D eigenvalue weighted by Gasteiger charge is -2.33. The summed E-state index contributed by atoms with van der Waals surface area (Å²) in [6.45, 7) is 8.35. The summed E-state index contributed by atoms with van der Waals surface area (Å²) in [5.41, 5.74) is 2.71. The van der Waals surface area contributed by atoms with Gasteiger partial charge in [-0.1, -0.05) is 38.8 Å². The van der Waals surface area contributed by atoms with Gasteiger partial charge in [-0.05, 0) is 37.0 Å². The molecule has 7 nitrogen and oxygen atoms in total. The summed E-state index contributed by atoms with van der Waals surface area (Å²) in [4.78, 5) is 33.1. The molecule has 0 aliphatic carbocycles. The highest BCUT2D eigenvalue weighted by atomic mass is 16.2. The molecule has 0 saturated heterocycles. The van der Waals surface area contributed by atoms with Gasteiger partial charge in [0, 0.05) is 32.4 Å². The van der Waals surface area contributed by atoms with E-state index in [1.165, 1.54) is 14.7 Å². The second-order valence-corrected chi connectivity index (χ2v) is 8.25. The molecule has 0 amide bonds. The van der Waals surface area contributed by atoms with E-state index < -0.39 is 0 Å². The molecule has 0 N–H and O–H groups in total. The van der Waals surface area contributed by atoms with Crippen LogP contribution in [0.25, 0.3) is 11.2 Å². The van der Waals surface area contributed by atoms with E-state index in [4.69, 9.17) is 4.98 Å². The number of benzene rings is 1. The van der Waals surface area contributed by atoms with Crippen molar-refractivity contribution in [3.05, 3.63) is 50.7 Å². The summed E-state index contributed by atoms with van der Waals surface area (Å²) in [6, 6.07) is 8.30. The maximum absolute atomic E-state index is 13.3. The van der Waals surface area contributed by atoms with Crippen molar-refractivity contribution in [2.24, 2.45) is 13.0 Å². The number of fused-ring (bicyclic) bond motifs is 3. The van der Waals surface area contributed by atoms with E-state index in [1.54, 1.807) is 7.05 Å². The molecule has 154 valence electrons. The molecule has 0 fully saturated rings. The van der Waals surface area contributed by atoms with Crippen molar-refractivity contribution < 1.29 is 0 Å². The Bertz CT molecular complexity index is 1170. The standard InChI is InChI=1S/C22H29N5O2/c1-5-6-7-11-25-20(28)18-19(24(4)22(25)29)23-21-26(13-16(3)14-27(18)21)17-10-8-9-15(2)12-17/h8-10,12,16H,5-7,11,13-14H2,1-4H3/t16-/m1/s1. The van der Waals surface area contributed by atoms with Crippen LogP contribution in [0.4, 0.5) is 11.6 Å². The van der Waals surface area contributed by atoms with Gasteiger partial charge >= 0.3 is 5.69 Å². The van der Waals surface area contributed by atoms with Gasteiger partial charge in [-0.2, -0.15) is 4.98 Å². The van der Waals surface area contributed by atoms with Crippen molar-refractivity contribution in [3.63, 3.8) is 0 Å². The maximum atomic E-state index is 13.3. The molecule has 2 aromatic heterocycles. The van der Waals surface area contributed by atoms with Gasteiger partial charge < -0.3 is 9.47 Å². The van der Waals surface area contributed by atoms with Crippen LogP contribution in [0, 0.1) is 12.8 Å². The zero-order chi connectivity index (χ0) is 20.7. The van der Waals surface area contributed by atoms with E-state index in [0.717, 1.165) is 44.0 Å². The van der Waals surface area contributed by atoms with Crippen LogP contribution in [0.5, 0.6) is 0 Å². The minimum Gasteiger partial charge on any atom is -0.312 e. The fourth-order valence-electron chi connectivity index (χ4n) is 4.24. The fourth-order valence-corrected chi connectivity index (χ4v) is 4.24. The molecular formula is C22H29N5O2. The molecule has 4 rings (SSSR count). The number of nitrogens with zero attached hydrogens (tertiary/aromatic N) is 5. The Balaban J connectivity index is 1.93. The van der Waals surface area contributed by atoms with E-state index in [2.05, 4.69) is 43.9 Å². The van der Waals surface area contributed by atoms with Crippen LogP contribution in [0.3, 0.4) is 0 Å². The Morgan fingerprint density at radius 1 is 1.17 bits per heavy atom. The van der Waals surface area contributed by atoms with Gasteiger partial charge in [-0.3, -0.25) is 13.9 Å². The molecule has 0 bridgehead atoms. The average Bonchev–Trinajstić information content (AvgIpc) is 3.08. The van der Waals surface area contributed by atoms with Crippen molar-refractivity contribution in [1.82, 2.24) is 18.7 Å². The lowest BCUT2D eigenvalue weighted by Crippen LogP contribution is -2.40. The van der Waals surface area contributed by atoms with Crippen LogP contribution in [0.1, 0.15) is 38.7 Å². The first-order valence-corrected chi connectivity index (χ1v) is 10.5. The molecule has 7 heteroatoms. The van der Waals surface area contributed by atoms with Gasteiger partial charge in [0.1, 0.15) is 0 Å². The van der Waals surface area contributed by atoms with Crippen molar-refractivity contribution in [2.75, 3.05) is 11.4 Å². The number of hydrogen-bond acceptors (Lipinski definition) is 4. The lowest BCUT2D eigenvalue weighted by atomic mass is 10.1. The Kier molecular flexibility index (Phi) is 5.06. The van der Waals surface area contributed by atoms with Gasteiger partial charge in [0.2, 0.25) is 5.95 Å². The van der Waals surface area contributed by atoms with E-state index in [-0.39, 0.29) is 11.2 Å². The first-order chi connectivity index (χ1) is 13.9. The molecule has 3 heterocycles. The fraction of sp³-hybridized carbons (Fsp3) is 0.500. The predicted octanol–water partition coefficient (Wildman–Crippen LogP) is 3.18. The minimum absolute atomic E-state index is 0.226. The van der Waals surface area contributed by atoms with Gasteiger partial charge in [-0.15, -0.1) is 0 Å². The van der Waals surface area contributed by atoms with E-state index >= 15 is 0 Å². The quantitative estimate of drug-likeness (QED) is 0.623. The molecule has 1 atom stereocenters. The molecule has 29 heavy (non-hydrogen) atoms. The molecule has 1 aliphatic heterocycles. The number of rotatable bonds is 5. The van der Waals surface area contributed by atoms with Crippen molar-refractivity contribution >= 4 is 22.8 Å². The lowest BCUT2D eigenvalue weighted by molar-refractivity contribution is 0.457. The third-order valence-corrected chi connectivity index (χ3v) is 5.74. The van der Waals surface area contributed by atoms with Crippen LogP contribution >= 0.6 is 0 Å². The molecule has 0 saturated carbocycles. The van der Waals surface area contributed by atoms with Gasteiger partial charge in [0.05, 0.1) is 0 Å². The normalized spacial score (nSPS) is 16.4. The molecule has 0 radical (unpaired) electrons. The highest BCUT2D eigenvalue weighted by Crippen LogP contribution is 2.33. The number of unbranched alkanes of at least 4 members (excludes halogenated alkanes) is 2. The smallest absolute Gasteiger partial charge is 0.312 e. The second-order valence-electron chi connectivity index (χ2n) is 8.25. The third-order valence-electron chi connectivity index (χ3n) is 5.74. The Morgan fingerprint density at radius 3 is 2.69 bits per heavy atom. The van der Waals surface area contributed by atoms with Crippen molar-refractivity contribution in [3.8, 4) is 0 Å². The monoisotopic (exact) mass is 395 g/mol. The zero-order valence-corrected chi connectivity index (χ0v) is 17.7. The first-order valence-electron chi connectivity index (χ1n) is 10.5. The number of anilines is 2. The van der Waals surface area contributed by atoms with Crippen molar-refractivity contribution in [2.45, 2.75) is 53.1 Å². The van der Waals surface area contributed by atoms with E-state index in [1.807, 2.05) is 10.6 Å². The van der Waals surface area contributed by atoms with Gasteiger partial charge in [-0.25, -0.2) is 4.79 Å². The van der Waals surface area contributed by atoms with Crippen LogP contribution in [-0.2, 0) is 20.1 Å². The zero-order valence-electron chi connectivity index (χ0n) is 17.7. The Labute approximate surface area is 170 Å². The highest BCUT2D eigenvalue weighted by molar-refractivity contribution is 5.77. The van der Waals surface area contributed by atoms with Crippen LogP contribution in [0.2, 0.25) is 0 Å². The van der Waals surface area contributed by atoms with Crippen LogP contribution < -0.4 is 16.1 Å². The Hall–Kier alpha value is -2.83. The number of hydrogen-bond donors (Lipinski definition) is 0.